The minimum absolute atomic E-state index is 0.177. The van der Waals surface area contributed by atoms with Crippen molar-refractivity contribution < 1.29 is 5.11 Å². The highest BCUT2D eigenvalue weighted by molar-refractivity contribution is 6.33. The van der Waals surface area contributed by atoms with E-state index >= 15 is 0 Å². The van der Waals surface area contributed by atoms with Gasteiger partial charge in [0.25, 0.3) is 0 Å². The summed E-state index contributed by atoms with van der Waals surface area (Å²) in [4.78, 5) is 0. The molecule has 1 fully saturated rings. The predicted molar refractivity (Wildman–Crippen MR) is 68.1 cm³/mol. The van der Waals surface area contributed by atoms with E-state index in [1.807, 2.05) is 12.1 Å². The number of aliphatic hydroxyl groups is 1. The summed E-state index contributed by atoms with van der Waals surface area (Å²) >= 11 is 12.1. The Morgan fingerprint density at radius 1 is 1.19 bits per heavy atom. The Morgan fingerprint density at radius 2 is 1.94 bits per heavy atom. The van der Waals surface area contributed by atoms with Gasteiger partial charge in [0.15, 0.2) is 0 Å². The van der Waals surface area contributed by atoms with Crippen LogP contribution in [0.3, 0.4) is 0 Å². The van der Waals surface area contributed by atoms with Gasteiger partial charge in [0.1, 0.15) is 0 Å². The van der Waals surface area contributed by atoms with Crippen molar-refractivity contribution in [1.29, 1.82) is 0 Å². The van der Waals surface area contributed by atoms with Gasteiger partial charge in [-0.1, -0.05) is 36.0 Å². The molecule has 0 bridgehead atoms. The van der Waals surface area contributed by atoms with Crippen molar-refractivity contribution >= 4 is 23.2 Å². The summed E-state index contributed by atoms with van der Waals surface area (Å²) in [6.45, 7) is 0. The molecule has 0 amide bonds. The second-order valence-corrected chi connectivity index (χ2v) is 5.40. The van der Waals surface area contributed by atoms with Gasteiger partial charge in [-0.15, -0.1) is 0 Å². The molecule has 0 spiro atoms. The van der Waals surface area contributed by atoms with Gasteiger partial charge in [-0.05, 0) is 48.9 Å². The minimum atomic E-state index is -0.177. The molecule has 16 heavy (non-hydrogen) atoms. The quantitative estimate of drug-likeness (QED) is 0.848. The maximum absolute atomic E-state index is 9.91. The molecule has 1 aromatic rings. The molecule has 1 nitrogen and oxygen atoms in total. The molecule has 1 N–H and O–H groups in total. The van der Waals surface area contributed by atoms with E-state index < -0.39 is 0 Å². The van der Waals surface area contributed by atoms with Crippen LogP contribution in [-0.2, 0) is 6.42 Å². The summed E-state index contributed by atoms with van der Waals surface area (Å²) < 4.78 is 0. The van der Waals surface area contributed by atoms with Crippen LogP contribution in [0, 0.1) is 5.92 Å². The minimum Gasteiger partial charge on any atom is -0.393 e. The fraction of sp³-hybridized carbons (Fsp3) is 0.538. The van der Waals surface area contributed by atoms with Gasteiger partial charge in [-0.2, -0.15) is 0 Å². The number of rotatable bonds is 2. The average Bonchev–Trinajstić information content (AvgIpc) is 2.27. The summed E-state index contributed by atoms with van der Waals surface area (Å²) in [6, 6.07) is 5.53. The van der Waals surface area contributed by atoms with Crippen LogP contribution in [0.25, 0.3) is 0 Å². The number of aliphatic hydroxyl groups excluding tert-OH is 1. The third-order valence-electron chi connectivity index (χ3n) is 3.36. The fourth-order valence-electron chi connectivity index (χ4n) is 2.41. The van der Waals surface area contributed by atoms with Crippen LogP contribution in [-0.4, -0.2) is 11.2 Å². The van der Waals surface area contributed by atoms with E-state index in [0.29, 0.717) is 10.9 Å². The Morgan fingerprint density at radius 3 is 2.69 bits per heavy atom. The largest absolute Gasteiger partial charge is 0.393 e. The standard InChI is InChI=1S/C13H16Cl2O/c14-11-5-6-12(15)10(8-11)7-9-3-1-2-4-13(9)16/h5-6,8-9,13,16H,1-4,7H2. The lowest BCUT2D eigenvalue weighted by atomic mass is 9.82. The zero-order valence-corrected chi connectivity index (χ0v) is 10.6. The van der Waals surface area contributed by atoms with E-state index in [1.54, 1.807) is 6.07 Å². The van der Waals surface area contributed by atoms with Crippen molar-refractivity contribution in [1.82, 2.24) is 0 Å². The van der Waals surface area contributed by atoms with E-state index in [4.69, 9.17) is 23.2 Å². The van der Waals surface area contributed by atoms with Gasteiger partial charge in [0, 0.05) is 10.0 Å². The van der Waals surface area contributed by atoms with Crippen LogP contribution in [0.15, 0.2) is 18.2 Å². The molecule has 88 valence electrons. The molecular formula is C13H16Cl2O. The number of benzene rings is 1. The highest BCUT2D eigenvalue weighted by atomic mass is 35.5. The molecule has 1 aromatic carbocycles. The maximum Gasteiger partial charge on any atom is 0.0571 e. The van der Waals surface area contributed by atoms with Gasteiger partial charge in [0.2, 0.25) is 0 Å². The molecule has 2 rings (SSSR count). The molecule has 2 atom stereocenters. The molecule has 0 heterocycles. The Hall–Kier alpha value is -0.240. The molecule has 1 saturated carbocycles. The van der Waals surface area contributed by atoms with Crippen molar-refractivity contribution in [2.24, 2.45) is 5.92 Å². The SMILES string of the molecule is OC1CCCCC1Cc1cc(Cl)ccc1Cl. The van der Waals surface area contributed by atoms with E-state index in [-0.39, 0.29) is 6.10 Å². The highest BCUT2D eigenvalue weighted by Gasteiger charge is 2.23. The second kappa shape index (κ2) is 5.39. The van der Waals surface area contributed by atoms with Crippen LogP contribution in [0.2, 0.25) is 10.0 Å². The van der Waals surface area contributed by atoms with Crippen LogP contribution < -0.4 is 0 Å². The van der Waals surface area contributed by atoms with Crippen molar-refractivity contribution in [2.75, 3.05) is 0 Å². The van der Waals surface area contributed by atoms with Gasteiger partial charge in [0.05, 0.1) is 6.10 Å². The molecule has 0 saturated heterocycles. The van der Waals surface area contributed by atoms with E-state index in [9.17, 15) is 5.11 Å². The molecule has 1 aliphatic rings. The molecule has 0 aliphatic heterocycles. The molecule has 0 aromatic heterocycles. The first-order chi connectivity index (χ1) is 7.66. The van der Waals surface area contributed by atoms with Crippen molar-refractivity contribution in [3.63, 3.8) is 0 Å². The molecule has 3 heteroatoms. The number of hydrogen-bond donors (Lipinski definition) is 1. The van der Waals surface area contributed by atoms with Crippen LogP contribution in [0.4, 0.5) is 0 Å². The summed E-state index contributed by atoms with van der Waals surface area (Å²) in [5.74, 6) is 0.338. The lowest BCUT2D eigenvalue weighted by Crippen LogP contribution is -2.26. The topological polar surface area (TPSA) is 20.2 Å². The normalized spacial score (nSPS) is 25.7. The van der Waals surface area contributed by atoms with Crippen molar-refractivity contribution in [3.8, 4) is 0 Å². The summed E-state index contributed by atoms with van der Waals surface area (Å²) in [7, 11) is 0. The zero-order chi connectivity index (χ0) is 11.5. The van der Waals surface area contributed by atoms with E-state index in [1.165, 1.54) is 6.42 Å². The lowest BCUT2D eigenvalue weighted by molar-refractivity contribution is 0.0700. The van der Waals surface area contributed by atoms with Crippen molar-refractivity contribution in [2.45, 2.75) is 38.2 Å². The van der Waals surface area contributed by atoms with Crippen LogP contribution in [0.5, 0.6) is 0 Å². The van der Waals surface area contributed by atoms with E-state index in [0.717, 1.165) is 36.3 Å². The Bertz CT molecular complexity index is 365. The van der Waals surface area contributed by atoms with Gasteiger partial charge < -0.3 is 5.11 Å². The van der Waals surface area contributed by atoms with Crippen LogP contribution in [0.1, 0.15) is 31.2 Å². The Balaban J connectivity index is 2.10. The average molecular weight is 259 g/mol. The third kappa shape index (κ3) is 2.91. The molecule has 0 radical (unpaired) electrons. The zero-order valence-electron chi connectivity index (χ0n) is 9.13. The molecular weight excluding hydrogens is 243 g/mol. The molecule has 2 unspecified atom stereocenters. The first-order valence-corrected chi connectivity index (χ1v) is 6.54. The summed E-state index contributed by atoms with van der Waals surface area (Å²) in [6.07, 6.45) is 5.01. The second-order valence-electron chi connectivity index (χ2n) is 4.55. The van der Waals surface area contributed by atoms with E-state index in [2.05, 4.69) is 0 Å². The first-order valence-electron chi connectivity index (χ1n) is 5.79. The maximum atomic E-state index is 9.91. The Kier molecular flexibility index (Phi) is 4.12. The molecule has 1 aliphatic carbocycles. The van der Waals surface area contributed by atoms with Gasteiger partial charge in [-0.3, -0.25) is 0 Å². The lowest BCUT2D eigenvalue weighted by Gasteiger charge is -2.27. The van der Waals surface area contributed by atoms with Gasteiger partial charge in [-0.25, -0.2) is 0 Å². The predicted octanol–water partition coefficient (Wildman–Crippen LogP) is 4.09. The third-order valence-corrected chi connectivity index (χ3v) is 3.96. The number of halogens is 2. The fourth-order valence-corrected chi connectivity index (χ4v) is 2.80. The van der Waals surface area contributed by atoms with Crippen LogP contribution >= 0.6 is 23.2 Å². The highest BCUT2D eigenvalue weighted by Crippen LogP contribution is 2.30. The Labute approximate surface area is 106 Å². The summed E-state index contributed by atoms with van der Waals surface area (Å²) in [5.41, 5.74) is 1.06. The summed E-state index contributed by atoms with van der Waals surface area (Å²) in [5, 5.41) is 11.4. The monoisotopic (exact) mass is 258 g/mol. The number of hydrogen-bond acceptors (Lipinski definition) is 1. The van der Waals surface area contributed by atoms with Gasteiger partial charge >= 0.3 is 0 Å². The smallest absolute Gasteiger partial charge is 0.0571 e. The first kappa shape index (κ1) is 12.2. The van der Waals surface area contributed by atoms with Crippen molar-refractivity contribution in [3.05, 3.63) is 33.8 Å².